The van der Waals surface area contributed by atoms with Crippen LogP contribution in [0.3, 0.4) is 0 Å². The molecule has 3 amide bonds. The van der Waals surface area contributed by atoms with Gasteiger partial charge in [0.25, 0.3) is 11.8 Å². The Morgan fingerprint density at radius 1 is 1.17 bits per heavy atom. The number of hydrogen-bond donors (Lipinski definition) is 4. The molecule has 2 atom stereocenters. The summed E-state index contributed by atoms with van der Waals surface area (Å²) in [4.78, 5) is 33.4. The first-order valence-electron chi connectivity index (χ1n) is 5.07. The fourth-order valence-corrected chi connectivity index (χ4v) is 1.71. The number of primary amides is 1. The largest absolute Gasteiger partial charge is 0.385 e. The fourth-order valence-electron chi connectivity index (χ4n) is 1.71. The predicted octanol–water partition coefficient (Wildman–Crippen LogP) is -1.55. The third kappa shape index (κ3) is 1.85. The lowest BCUT2D eigenvalue weighted by Crippen LogP contribution is -2.33. The molecule has 2 rings (SSSR count). The zero-order chi connectivity index (χ0) is 13.4. The van der Waals surface area contributed by atoms with Crippen LogP contribution in [0.5, 0.6) is 0 Å². The van der Waals surface area contributed by atoms with Crippen LogP contribution in [0.2, 0.25) is 0 Å². The van der Waals surface area contributed by atoms with Crippen molar-refractivity contribution in [1.29, 1.82) is 0 Å². The number of aliphatic hydroxyl groups excluding tert-OH is 2. The zero-order valence-electron chi connectivity index (χ0n) is 9.08. The Kier molecular flexibility index (Phi) is 2.85. The number of imide groups is 1. The van der Waals surface area contributed by atoms with Gasteiger partial charge in [0.05, 0.1) is 11.1 Å². The van der Waals surface area contributed by atoms with E-state index in [-0.39, 0.29) is 16.7 Å². The van der Waals surface area contributed by atoms with Crippen molar-refractivity contribution in [3.05, 3.63) is 34.9 Å². The van der Waals surface area contributed by atoms with E-state index in [2.05, 4.69) is 5.32 Å². The van der Waals surface area contributed by atoms with E-state index in [0.717, 1.165) is 0 Å². The number of amides is 3. The number of carbonyl (C=O) groups is 3. The van der Waals surface area contributed by atoms with Crippen LogP contribution >= 0.6 is 0 Å². The Morgan fingerprint density at radius 3 is 2.39 bits per heavy atom. The van der Waals surface area contributed by atoms with Crippen LogP contribution in [0.4, 0.5) is 0 Å². The molecule has 0 saturated carbocycles. The summed E-state index contributed by atoms with van der Waals surface area (Å²) in [6.45, 7) is 0. The quantitative estimate of drug-likeness (QED) is 0.482. The van der Waals surface area contributed by atoms with E-state index < -0.39 is 29.9 Å². The maximum absolute atomic E-state index is 11.4. The predicted molar refractivity (Wildman–Crippen MR) is 58.4 cm³/mol. The van der Waals surface area contributed by atoms with Gasteiger partial charge in [-0.2, -0.15) is 0 Å². The molecule has 1 aliphatic rings. The van der Waals surface area contributed by atoms with Gasteiger partial charge in [0, 0.05) is 0 Å². The molecule has 18 heavy (non-hydrogen) atoms. The molecule has 1 aromatic rings. The van der Waals surface area contributed by atoms with Crippen LogP contribution in [-0.4, -0.2) is 34.0 Å². The molecule has 5 N–H and O–H groups in total. The van der Waals surface area contributed by atoms with Crippen molar-refractivity contribution in [3.63, 3.8) is 0 Å². The molecule has 0 fully saturated rings. The molecule has 1 heterocycles. The highest BCUT2D eigenvalue weighted by molar-refractivity contribution is 6.21. The highest BCUT2D eigenvalue weighted by Crippen LogP contribution is 2.23. The lowest BCUT2D eigenvalue weighted by Gasteiger charge is -2.15. The molecule has 0 radical (unpaired) electrons. The van der Waals surface area contributed by atoms with E-state index in [1.807, 2.05) is 0 Å². The number of fused-ring (bicyclic) bond motifs is 1. The van der Waals surface area contributed by atoms with E-state index in [1.54, 1.807) is 0 Å². The average molecular weight is 250 g/mol. The van der Waals surface area contributed by atoms with E-state index in [1.165, 1.54) is 18.2 Å². The molecule has 0 aliphatic carbocycles. The average Bonchev–Trinajstić information content (AvgIpc) is 2.62. The number of benzene rings is 1. The third-order valence-electron chi connectivity index (χ3n) is 2.69. The lowest BCUT2D eigenvalue weighted by atomic mass is 9.99. The molecule has 0 saturated heterocycles. The number of carbonyl (C=O) groups excluding carboxylic acids is 3. The maximum Gasteiger partial charge on any atom is 0.258 e. The molecular formula is C11H10N2O5. The number of nitrogens with two attached hydrogens (primary N) is 1. The van der Waals surface area contributed by atoms with Gasteiger partial charge in [-0.15, -0.1) is 0 Å². The van der Waals surface area contributed by atoms with Crippen molar-refractivity contribution < 1.29 is 24.6 Å². The molecule has 1 aliphatic heterocycles. The van der Waals surface area contributed by atoms with Gasteiger partial charge >= 0.3 is 0 Å². The number of hydrogen-bond acceptors (Lipinski definition) is 5. The minimum atomic E-state index is -1.77. The summed E-state index contributed by atoms with van der Waals surface area (Å²) >= 11 is 0. The second-order valence-electron chi connectivity index (χ2n) is 3.88. The van der Waals surface area contributed by atoms with Crippen molar-refractivity contribution in [2.45, 2.75) is 12.2 Å². The van der Waals surface area contributed by atoms with E-state index in [9.17, 15) is 24.6 Å². The SMILES string of the molecule is NC(=O)C(O)C(O)c1ccc2c(c1)C(=O)NC2=O. The second-order valence-corrected chi connectivity index (χ2v) is 3.88. The topological polar surface area (TPSA) is 130 Å². The molecule has 0 spiro atoms. The summed E-state index contributed by atoms with van der Waals surface area (Å²) in [5.41, 5.74) is 5.26. The fraction of sp³-hybridized carbons (Fsp3) is 0.182. The summed E-state index contributed by atoms with van der Waals surface area (Å²) in [5, 5.41) is 21.1. The lowest BCUT2D eigenvalue weighted by molar-refractivity contribution is -0.131. The first-order chi connectivity index (χ1) is 8.41. The normalized spacial score (nSPS) is 17.0. The smallest absolute Gasteiger partial charge is 0.258 e. The van der Waals surface area contributed by atoms with Crippen molar-refractivity contribution >= 4 is 17.7 Å². The van der Waals surface area contributed by atoms with E-state index >= 15 is 0 Å². The second kappa shape index (κ2) is 4.21. The van der Waals surface area contributed by atoms with Crippen LogP contribution in [0.1, 0.15) is 32.4 Å². The van der Waals surface area contributed by atoms with Gasteiger partial charge < -0.3 is 15.9 Å². The minimum Gasteiger partial charge on any atom is -0.385 e. The molecule has 0 bridgehead atoms. The number of nitrogens with one attached hydrogen (secondary N) is 1. The summed E-state index contributed by atoms with van der Waals surface area (Å²) < 4.78 is 0. The van der Waals surface area contributed by atoms with Crippen LogP contribution < -0.4 is 11.1 Å². The monoisotopic (exact) mass is 250 g/mol. The molecule has 1 aromatic carbocycles. The first kappa shape index (κ1) is 12.2. The van der Waals surface area contributed by atoms with E-state index in [4.69, 9.17) is 5.73 Å². The number of aliphatic hydroxyl groups is 2. The minimum absolute atomic E-state index is 0.0909. The summed E-state index contributed by atoms with van der Waals surface area (Å²) in [7, 11) is 0. The van der Waals surface area contributed by atoms with Crippen LogP contribution in [0.15, 0.2) is 18.2 Å². The van der Waals surface area contributed by atoms with Crippen LogP contribution in [-0.2, 0) is 4.79 Å². The van der Waals surface area contributed by atoms with Gasteiger partial charge in [-0.3, -0.25) is 19.7 Å². The Morgan fingerprint density at radius 2 is 1.78 bits per heavy atom. The maximum atomic E-state index is 11.4. The first-order valence-corrected chi connectivity index (χ1v) is 5.07. The molecule has 7 nitrogen and oxygen atoms in total. The van der Waals surface area contributed by atoms with Gasteiger partial charge in [0.15, 0.2) is 6.10 Å². The molecule has 2 unspecified atom stereocenters. The Bertz CT molecular complexity index is 554. The summed E-state index contributed by atoms with van der Waals surface area (Å²) in [5.74, 6) is -2.19. The third-order valence-corrected chi connectivity index (χ3v) is 2.69. The van der Waals surface area contributed by atoms with Gasteiger partial charge in [0.1, 0.15) is 6.10 Å². The molecule has 0 aromatic heterocycles. The number of rotatable bonds is 3. The van der Waals surface area contributed by atoms with Gasteiger partial charge in [-0.1, -0.05) is 6.07 Å². The van der Waals surface area contributed by atoms with Crippen LogP contribution in [0.25, 0.3) is 0 Å². The Labute approximate surface area is 101 Å². The van der Waals surface area contributed by atoms with Crippen molar-refractivity contribution in [2.75, 3.05) is 0 Å². The Hall–Kier alpha value is -2.25. The standard InChI is InChI=1S/C11H10N2O5/c12-9(16)8(15)7(14)4-1-2-5-6(3-4)11(18)13-10(5)17/h1-3,7-8,14-15H,(H2,12,16)(H,13,17,18). The summed E-state index contributed by atoms with van der Waals surface area (Å²) in [6.07, 6.45) is -3.32. The van der Waals surface area contributed by atoms with Crippen molar-refractivity contribution in [3.8, 4) is 0 Å². The van der Waals surface area contributed by atoms with E-state index in [0.29, 0.717) is 0 Å². The highest BCUT2D eigenvalue weighted by Gasteiger charge is 2.29. The van der Waals surface area contributed by atoms with Crippen LogP contribution in [0, 0.1) is 0 Å². The highest BCUT2D eigenvalue weighted by atomic mass is 16.3. The molecule has 94 valence electrons. The van der Waals surface area contributed by atoms with Crippen molar-refractivity contribution in [2.24, 2.45) is 5.73 Å². The molecule has 7 heteroatoms. The van der Waals surface area contributed by atoms with Gasteiger partial charge in [-0.25, -0.2) is 0 Å². The van der Waals surface area contributed by atoms with Crippen molar-refractivity contribution in [1.82, 2.24) is 5.32 Å². The Balaban J connectivity index is 2.38. The zero-order valence-corrected chi connectivity index (χ0v) is 9.08. The van der Waals surface area contributed by atoms with Gasteiger partial charge in [-0.05, 0) is 17.7 Å². The van der Waals surface area contributed by atoms with Gasteiger partial charge in [0.2, 0.25) is 5.91 Å². The summed E-state index contributed by atoms with van der Waals surface area (Å²) in [6, 6.07) is 3.92. The molecular weight excluding hydrogens is 240 g/mol.